The third-order valence-electron chi connectivity index (χ3n) is 5.46. The normalized spacial score (nSPS) is 12.5. The number of imidazole rings is 1. The van der Waals surface area contributed by atoms with E-state index in [2.05, 4.69) is 20.6 Å². The Morgan fingerprint density at radius 1 is 1.19 bits per heavy atom. The zero-order valence-electron chi connectivity index (χ0n) is 16.9. The standard InChI is InChI=1S/C23H20FN5O2/c1-25-22(30)20-21-16(14-5-3-2-4-6-14)11-26-23(29(21)13-28-20)27-12-17-15-9-10-31-19(15)8-7-18(17)24/h2-8,11,13H,9-10,12H2,1H3,(H,25,30)(H,26,27). The molecule has 0 saturated heterocycles. The van der Waals surface area contributed by atoms with Crippen molar-refractivity contribution in [2.24, 2.45) is 0 Å². The van der Waals surface area contributed by atoms with Gasteiger partial charge in [0.05, 0.1) is 12.1 Å². The van der Waals surface area contributed by atoms with Gasteiger partial charge < -0.3 is 15.4 Å². The van der Waals surface area contributed by atoms with Crippen molar-refractivity contribution in [1.82, 2.24) is 19.7 Å². The van der Waals surface area contributed by atoms with Crippen LogP contribution in [-0.4, -0.2) is 33.9 Å². The highest BCUT2D eigenvalue weighted by molar-refractivity contribution is 6.03. The fraction of sp³-hybridized carbons (Fsp3) is 0.174. The largest absolute Gasteiger partial charge is 0.493 e. The summed E-state index contributed by atoms with van der Waals surface area (Å²) in [5.41, 5.74) is 4.06. The number of rotatable bonds is 5. The fourth-order valence-electron chi connectivity index (χ4n) is 3.93. The summed E-state index contributed by atoms with van der Waals surface area (Å²) in [6.45, 7) is 0.787. The summed E-state index contributed by atoms with van der Waals surface area (Å²) in [6.07, 6.45) is 3.93. The number of fused-ring (bicyclic) bond motifs is 2. The van der Waals surface area contributed by atoms with E-state index in [9.17, 15) is 9.18 Å². The van der Waals surface area contributed by atoms with Crippen LogP contribution in [0.1, 0.15) is 21.6 Å². The summed E-state index contributed by atoms with van der Waals surface area (Å²) in [5.74, 6) is 0.611. The number of anilines is 1. The van der Waals surface area contributed by atoms with Crippen molar-refractivity contribution in [1.29, 1.82) is 0 Å². The first-order chi connectivity index (χ1) is 15.2. The molecule has 0 saturated carbocycles. The van der Waals surface area contributed by atoms with E-state index >= 15 is 0 Å². The van der Waals surface area contributed by atoms with Crippen LogP contribution in [0.3, 0.4) is 0 Å². The highest BCUT2D eigenvalue weighted by Crippen LogP contribution is 2.32. The van der Waals surface area contributed by atoms with Gasteiger partial charge in [-0.3, -0.25) is 9.20 Å². The molecule has 1 aliphatic rings. The van der Waals surface area contributed by atoms with Crippen LogP contribution in [-0.2, 0) is 13.0 Å². The van der Waals surface area contributed by atoms with Crippen molar-refractivity contribution < 1.29 is 13.9 Å². The number of halogens is 1. The first-order valence-electron chi connectivity index (χ1n) is 9.98. The summed E-state index contributed by atoms with van der Waals surface area (Å²) < 4.78 is 21.8. The van der Waals surface area contributed by atoms with E-state index in [1.54, 1.807) is 30.0 Å². The van der Waals surface area contributed by atoms with E-state index in [-0.39, 0.29) is 18.3 Å². The molecule has 156 valence electrons. The van der Waals surface area contributed by atoms with Crippen LogP contribution < -0.4 is 15.4 Å². The van der Waals surface area contributed by atoms with Crippen molar-refractivity contribution in [2.75, 3.05) is 19.0 Å². The van der Waals surface area contributed by atoms with E-state index in [0.717, 1.165) is 22.4 Å². The minimum Gasteiger partial charge on any atom is -0.493 e. The maximum atomic E-state index is 14.5. The lowest BCUT2D eigenvalue weighted by atomic mass is 10.0. The third kappa shape index (κ3) is 3.26. The Kier molecular flexibility index (Phi) is 4.74. The minimum absolute atomic E-state index is 0.235. The number of ether oxygens (including phenoxy) is 1. The molecule has 5 rings (SSSR count). The third-order valence-corrected chi connectivity index (χ3v) is 5.46. The quantitative estimate of drug-likeness (QED) is 0.520. The first kappa shape index (κ1) is 19.0. The number of nitrogens with one attached hydrogen (secondary N) is 2. The molecular weight excluding hydrogens is 397 g/mol. The van der Waals surface area contributed by atoms with Crippen molar-refractivity contribution in [3.05, 3.63) is 77.6 Å². The van der Waals surface area contributed by atoms with E-state index in [1.807, 2.05) is 30.3 Å². The minimum atomic E-state index is -0.291. The van der Waals surface area contributed by atoms with Crippen molar-refractivity contribution >= 4 is 17.4 Å². The van der Waals surface area contributed by atoms with Gasteiger partial charge in [0.15, 0.2) is 5.69 Å². The van der Waals surface area contributed by atoms with Gasteiger partial charge in [-0.1, -0.05) is 30.3 Å². The van der Waals surface area contributed by atoms with Gasteiger partial charge in [-0.2, -0.15) is 0 Å². The maximum Gasteiger partial charge on any atom is 0.271 e. The lowest BCUT2D eigenvalue weighted by molar-refractivity contribution is 0.0960. The number of hydrogen-bond donors (Lipinski definition) is 2. The average Bonchev–Trinajstić information content (AvgIpc) is 3.46. The number of hydrogen-bond acceptors (Lipinski definition) is 5. The van der Waals surface area contributed by atoms with Gasteiger partial charge in [-0.25, -0.2) is 14.4 Å². The molecule has 2 aromatic carbocycles. The Morgan fingerprint density at radius 2 is 2.03 bits per heavy atom. The molecule has 0 bridgehead atoms. The Hall–Kier alpha value is -3.94. The Bertz CT molecular complexity index is 1290. The van der Waals surface area contributed by atoms with Gasteiger partial charge >= 0.3 is 0 Å². The average molecular weight is 417 g/mol. The molecule has 0 fully saturated rings. The van der Waals surface area contributed by atoms with Gasteiger partial charge in [0.1, 0.15) is 17.9 Å². The van der Waals surface area contributed by atoms with Gasteiger partial charge in [-0.05, 0) is 17.7 Å². The highest BCUT2D eigenvalue weighted by Gasteiger charge is 2.21. The maximum absolute atomic E-state index is 14.5. The number of carbonyl (C=O) groups excluding carboxylic acids is 1. The molecule has 2 aromatic heterocycles. The zero-order valence-corrected chi connectivity index (χ0v) is 16.9. The zero-order chi connectivity index (χ0) is 21.4. The van der Waals surface area contributed by atoms with Gasteiger partial charge in [-0.15, -0.1) is 0 Å². The van der Waals surface area contributed by atoms with E-state index in [1.165, 1.54) is 6.07 Å². The molecule has 4 aromatic rings. The molecule has 0 atom stereocenters. The van der Waals surface area contributed by atoms with Crippen LogP contribution in [0.15, 0.2) is 55.0 Å². The second-order valence-electron chi connectivity index (χ2n) is 7.21. The smallest absolute Gasteiger partial charge is 0.271 e. The molecule has 0 radical (unpaired) electrons. The topological polar surface area (TPSA) is 80.6 Å². The number of amides is 1. The van der Waals surface area contributed by atoms with E-state index in [4.69, 9.17) is 4.74 Å². The molecule has 0 spiro atoms. The summed E-state index contributed by atoms with van der Waals surface area (Å²) in [6, 6.07) is 12.8. The Morgan fingerprint density at radius 3 is 2.84 bits per heavy atom. The van der Waals surface area contributed by atoms with Gasteiger partial charge in [0, 0.05) is 42.9 Å². The lowest BCUT2D eigenvalue weighted by Crippen LogP contribution is -2.19. The number of nitrogens with zero attached hydrogens (tertiary/aromatic N) is 3. The molecule has 3 heterocycles. The molecule has 2 N–H and O–H groups in total. The van der Waals surface area contributed by atoms with E-state index in [0.29, 0.717) is 35.8 Å². The lowest BCUT2D eigenvalue weighted by Gasteiger charge is -2.13. The van der Waals surface area contributed by atoms with Crippen LogP contribution in [0.4, 0.5) is 10.3 Å². The van der Waals surface area contributed by atoms with Crippen LogP contribution >= 0.6 is 0 Å². The molecule has 1 amide bonds. The summed E-state index contributed by atoms with van der Waals surface area (Å²) in [5, 5.41) is 5.84. The number of aromatic nitrogens is 3. The van der Waals surface area contributed by atoms with Crippen molar-refractivity contribution in [3.8, 4) is 16.9 Å². The van der Waals surface area contributed by atoms with Gasteiger partial charge in [0.25, 0.3) is 5.91 Å². The summed E-state index contributed by atoms with van der Waals surface area (Å²) >= 11 is 0. The number of benzene rings is 2. The van der Waals surface area contributed by atoms with Crippen LogP contribution in [0.2, 0.25) is 0 Å². The van der Waals surface area contributed by atoms with Crippen LogP contribution in [0.5, 0.6) is 5.75 Å². The molecule has 1 aliphatic heterocycles. The van der Waals surface area contributed by atoms with E-state index < -0.39 is 0 Å². The van der Waals surface area contributed by atoms with Crippen molar-refractivity contribution in [3.63, 3.8) is 0 Å². The monoisotopic (exact) mass is 417 g/mol. The Balaban J connectivity index is 1.58. The molecule has 0 unspecified atom stereocenters. The molecule has 8 heteroatoms. The first-order valence-corrected chi connectivity index (χ1v) is 9.98. The molecule has 31 heavy (non-hydrogen) atoms. The van der Waals surface area contributed by atoms with Crippen molar-refractivity contribution in [2.45, 2.75) is 13.0 Å². The second kappa shape index (κ2) is 7.71. The number of carbonyl (C=O) groups is 1. The van der Waals surface area contributed by atoms with Gasteiger partial charge in [0.2, 0.25) is 5.95 Å². The van der Waals surface area contributed by atoms with Crippen LogP contribution in [0, 0.1) is 5.82 Å². The summed E-state index contributed by atoms with van der Waals surface area (Å²) in [7, 11) is 1.57. The Labute approximate surface area is 177 Å². The predicted molar refractivity (Wildman–Crippen MR) is 115 cm³/mol. The fourth-order valence-corrected chi connectivity index (χ4v) is 3.93. The summed E-state index contributed by atoms with van der Waals surface area (Å²) in [4.78, 5) is 21.3. The highest BCUT2D eigenvalue weighted by atomic mass is 19.1. The van der Waals surface area contributed by atoms with Crippen LogP contribution in [0.25, 0.3) is 16.6 Å². The molecule has 0 aliphatic carbocycles. The predicted octanol–water partition coefficient (Wildman–Crippen LogP) is 3.44. The second-order valence-corrected chi connectivity index (χ2v) is 7.21. The molecule has 7 nitrogen and oxygen atoms in total. The molecular formula is C23H20FN5O2. The SMILES string of the molecule is CNC(=O)c1ncn2c(NCc3c(F)ccc4c3CCO4)ncc(-c3ccccc3)c12.